The summed E-state index contributed by atoms with van der Waals surface area (Å²) in [4.78, 5) is 34.2. The number of pyridine rings is 2. The van der Waals surface area contributed by atoms with Crippen LogP contribution in [-0.4, -0.2) is 78.0 Å². The van der Waals surface area contributed by atoms with E-state index in [0.29, 0.717) is 71.8 Å². The molecule has 1 aliphatic carbocycles. The van der Waals surface area contributed by atoms with Gasteiger partial charge in [-0.05, 0) is 38.7 Å². The van der Waals surface area contributed by atoms with Crippen LogP contribution in [-0.2, 0) is 21.8 Å². The van der Waals surface area contributed by atoms with E-state index in [1.807, 2.05) is 12.1 Å². The van der Waals surface area contributed by atoms with Gasteiger partial charge in [0.25, 0.3) is 0 Å². The second-order valence-corrected chi connectivity index (χ2v) is 13.6. The molecule has 47 heavy (non-hydrogen) atoms. The molecule has 0 bridgehead atoms. The van der Waals surface area contributed by atoms with Gasteiger partial charge < -0.3 is 19.7 Å². The molecule has 0 amide bonds. The third-order valence-corrected chi connectivity index (χ3v) is 9.79. The predicted molar refractivity (Wildman–Crippen MR) is 173 cm³/mol. The number of aromatic nitrogens is 6. The van der Waals surface area contributed by atoms with Crippen LogP contribution in [0.3, 0.4) is 0 Å². The molecule has 1 saturated carbocycles. The Morgan fingerprint density at radius 1 is 1.17 bits per heavy atom. The lowest BCUT2D eigenvalue weighted by atomic mass is 9.93. The van der Waals surface area contributed by atoms with Gasteiger partial charge in [0.1, 0.15) is 23.7 Å². The fraction of sp³-hybridized carbons (Fsp3) is 0.467. The molecule has 2 aliphatic rings. The van der Waals surface area contributed by atoms with Crippen molar-refractivity contribution in [1.29, 1.82) is 5.26 Å². The van der Waals surface area contributed by atoms with E-state index in [9.17, 15) is 13.3 Å². The zero-order valence-corrected chi connectivity index (χ0v) is 27.1. The van der Waals surface area contributed by atoms with Gasteiger partial charge in [0.15, 0.2) is 5.18 Å². The normalized spacial score (nSPS) is 19.1. The lowest BCUT2D eigenvalue weighted by Gasteiger charge is -2.31. The number of hydrogen-bond acceptors (Lipinski definition) is 13. The second-order valence-electron chi connectivity index (χ2n) is 11.7. The topological polar surface area (TPSA) is 196 Å². The Morgan fingerprint density at radius 3 is 2.53 bits per heavy atom. The number of aromatic amines is 1. The van der Waals surface area contributed by atoms with Crippen molar-refractivity contribution in [2.45, 2.75) is 50.8 Å². The Kier molecular flexibility index (Phi) is 9.14. The van der Waals surface area contributed by atoms with Crippen LogP contribution >= 0.6 is 0 Å². The van der Waals surface area contributed by atoms with Gasteiger partial charge in [-0.15, -0.1) is 0 Å². The van der Waals surface area contributed by atoms with Crippen molar-refractivity contribution < 1.29 is 22.5 Å². The van der Waals surface area contributed by atoms with Crippen LogP contribution in [0.15, 0.2) is 42.1 Å². The fourth-order valence-electron chi connectivity index (χ4n) is 6.13. The monoisotopic (exact) mass is 662 g/mol. The van der Waals surface area contributed by atoms with Gasteiger partial charge in [-0.25, -0.2) is 27.9 Å². The molecule has 246 valence electrons. The first kappa shape index (κ1) is 32.0. The predicted octanol–water partition coefficient (Wildman–Crippen LogP) is 3.01. The van der Waals surface area contributed by atoms with Crippen molar-refractivity contribution in [3.63, 3.8) is 0 Å². The second kappa shape index (κ2) is 13.4. The molecular weight excluding hydrogens is 626 g/mol. The smallest absolute Gasteiger partial charge is 0.440 e. The number of anilines is 3. The molecule has 2 fully saturated rings. The summed E-state index contributed by atoms with van der Waals surface area (Å²) in [6.45, 7) is 4.25. The van der Waals surface area contributed by atoms with E-state index in [1.165, 1.54) is 27.5 Å². The molecule has 4 aromatic rings. The van der Waals surface area contributed by atoms with Crippen molar-refractivity contribution in [3.8, 4) is 11.9 Å². The summed E-state index contributed by atoms with van der Waals surface area (Å²) in [6.07, 6.45) is 10.2. The number of nitrogens with one attached hydrogen (secondary N) is 2. The Labute approximate surface area is 271 Å². The highest BCUT2D eigenvalue weighted by Gasteiger charge is 2.32. The molecule has 1 unspecified atom stereocenters. The summed E-state index contributed by atoms with van der Waals surface area (Å²) < 4.78 is 41.4. The van der Waals surface area contributed by atoms with Crippen LogP contribution in [0.4, 0.5) is 23.4 Å². The third-order valence-electron chi connectivity index (χ3n) is 8.55. The molecule has 1 aliphatic heterocycles. The Morgan fingerprint density at radius 2 is 1.89 bits per heavy atom. The number of imidazole rings is 1. The van der Waals surface area contributed by atoms with Crippen LogP contribution in [0, 0.1) is 16.2 Å². The standard InChI is InChI=1S/C30H35N11O5S/c1-19(26-18-35-30(38-42)39(26)2)41(47(3,43)44)22-12-24-25(32-17-22)13-27(40-8-10-45-11-9-40)37-28(24)46-23-6-4-21(5-7-23)36-29-33-15-20(14-31)16-34-29/h12-13,15-19,21,23H,4-11H2,1-3H3,(H,33,34,36)/p+1. The first-order valence-electron chi connectivity index (χ1n) is 15.3. The summed E-state index contributed by atoms with van der Waals surface area (Å²) in [5.41, 5.74) is 1.89. The SMILES string of the molecule is CC(c1c[nH]c(N=O)[n+]1C)N(c1cnc2cc(N3CCOCC3)nc(OC3CCC(Nc4ncc(C#N)cn4)CC3)c2c1)S(C)(=O)=O. The number of nitroso groups, excluding NO2 is 1. The molecule has 4 aromatic heterocycles. The Hall–Kier alpha value is -4.95. The van der Waals surface area contributed by atoms with Crippen LogP contribution < -0.4 is 23.8 Å². The van der Waals surface area contributed by atoms with Crippen molar-refractivity contribution in [2.24, 2.45) is 12.2 Å². The number of sulfonamides is 1. The number of nitrogens with zero attached hydrogens (tertiary/aromatic N) is 9. The van der Waals surface area contributed by atoms with Crippen LogP contribution in [0.1, 0.15) is 49.9 Å². The van der Waals surface area contributed by atoms with Gasteiger partial charge in [0.05, 0.1) is 79.5 Å². The maximum Gasteiger partial charge on any atom is 0.440 e. The number of H-pyrrole nitrogens is 1. The van der Waals surface area contributed by atoms with E-state index in [4.69, 9.17) is 24.7 Å². The number of ether oxygens (including phenoxy) is 2. The molecule has 5 heterocycles. The van der Waals surface area contributed by atoms with Gasteiger partial charge in [-0.1, -0.05) is 4.91 Å². The Bertz CT molecular complexity index is 1900. The third kappa shape index (κ3) is 6.93. The average molecular weight is 663 g/mol. The van der Waals surface area contributed by atoms with Gasteiger partial charge in [-0.3, -0.25) is 9.29 Å². The lowest BCUT2D eigenvalue weighted by molar-refractivity contribution is -0.665. The number of hydrogen-bond donors (Lipinski definition) is 2. The summed E-state index contributed by atoms with van der Waals surface area (Å²) in [5, 5.41) is 15.9. The number of morpholine rings is 1. The maximum atomic E-state index is 13.2. The zero-order valence-electron chi connectivity index (χ0n) is 26.3. The summed E-state index contributed by atoms with van der Waals surface area (Å²) >= 11 is 0. The Balaban J connectivity index is 1.30. The number of fused-ring (bicyclic) bond motifs is 1. The minimum atomic E-state index is -3.81. The van der Waals surface area contributed by atoms with E-state index >= 15 is 0 Å². The van der Waals surface area contributed by atoms with Crippen LogP contribution in [0.5, 0.6) is 5.88 Å². The number of nitriles is 1. The molecule has 1 atom stereocenters. The first-order chi connectivity index (χ1) is 22.6. The molecule has 0 radical (unpaired) electrons. The van der Waals surface area contributed by atoms with Crippen molar-refractivity contribution in [1.82, 2.24) is 24.9 Å². The molecular formula is C30H36N11O5S+. The summed E-state index contributed by atoms with van der Waals surface area (Å²) in [5.74, 6) is 1.65. The molecule has 0 aromatic carbocycles. The minimum absolute atomic E-state index is 0.0711. The maximum absolute atomic E-state index is 13.2. The van der Waals surface area contributed by atoms with Crippen LogP contribution in [0.2, 0.25) is 0 Å². The molecule has 16 nitrogen and oxygen atoms in total. The van der Waals surface area contributed by atoms with Crippen molar-refractivity contribution >= 4 is 44.3 Å². The average Bonchev–Trinajstić information content (AvgIpc) is 3.46. The van der Waals surface area contributed by atoms with Crippen molar-refractivity contribution in [2.75, 3.05) is 47.1 Å². The summed E-state index contributed by atoms with van der Waals surface area (Å²) in [6, 6.07) is 5.10. The lowest BCUT2D eigenvalue weighted by Crippen LogP contribution is -2.40. The van der Waals surface area contributed by atoms with Gasteiger partial charge >= 0.3 is 5.95 Å². The highest BCUT2D eigenvalue weighted by atomic mass is 32.2. The zero-order chi connectivity index (χ0) is 33.1. The van der Waals surface area contributed by atoms with Crippen LogP contribution in [0.25, 0.3) is 10.9 Å². The molecule has 17 heteroatoms. The highest BCUT2D eigenvalue weighted by Crippen LogP contribution is 2.36. The van der Waals surface area contributed by atoms with Crippen molar-refractivity contribution in [3.05, 3.63) is 53.1 Å². The van der Waals surface area contributed by atoms with E-state index in [-0.39, 0.29) is 18.1 Å². The highest BCUT2D eigenvalue weighted by molar-refractivity contribution is 7.92. The van der Waals surface area contributed by atoms with Gasteiger partial charge in [-0.2, -0.15) is 10.2 Å². The fourth-order valence-corrected chi connectivity index (χ4v) is 7.29. The first-order valence-corrected chi connectivity index (χ1v) is 17.2. The quantitative estimate of drug-likeness (QED) is 0.186. The van der Waals surface area contributed by atoms with Gasteiger partial charge in [0.2, 0.25) is 21.9 Å². The van der Waals surface area contributed by atoms with E-state index in [0.717, 1.165) is 31.9 Å². The number of rotatable bonds is 10. The van der Waals surface area contributed by atoms with E-state index in [2.05, 4.69) is 30.3 Å². The minimum Gasteiger partial charge on any atom is -0.474 e. The van der Waals surface area contributed by atoms with Gasteiger partial charge in [0, 0.05) is 25.2 Å². The molecule has 2 N–H and O–H groups in total. The molecule has 6 rings (SSSR count). The van der Waals surface area contributed by atoms with E-state index in [1.54, 1.807) is 26.2 Å². The molecule has 1 saturated heterocycles. The molecule has 0 spiro atoms. The van der Waals surface area contributed by atoms with E-state index < -0.39 is 16.1 Å². The summed E-state index contributed by atoms with van der Waals surface area (Å²) in [7, 11) is -2.17. The largest absolute Gasteiger partial charge is 0.474 e.